The molecule has 1 aliphatic rings. The van der Waals surface area contributed by atoms with Crippen LogP contribution in [-0.4, -0.2) is 35.8 Å². The Bertz CT molecular complexity index is 450. The average Bonchev–Trinajstić information content (AvgIpc) is 2.52. The SMILES string of the molecule is O=C(O)N1CCC(C=CCCOCc2ccccc2)CC1. The molecule has 0 bridgehead atoms. The monoisotopic (exact) mass is 289 g/mol. The minimum absolute atomic E-state index is 0.509. The topological polar surface area (TPSA) is 49.8 Å². The van der Waals surface area contributed by atoms with E-state index in [-0.39, 0.29) is 0 Å². The van der Waals surface area contributed by atoms with Gasteiger partial charge in [-0.1, -0.05) is 42.5 Å². The number of allylic oxidation sites excluding steroid dienone is 1. The molecule has 1 fully saturated rings. The number of carboxylic acid groups (broad SMARTS) is 1. The summed E-state index contributed by atoms with van der Waals surface area (Å²) in [4.78, 5) is 12.3. The fraction of sp³-hybridized carbons (Fsp3) is 0.471. The fourth-order valence-corrected chi connectivity index (χ4v) is 2.49. The average molecular weight is 289 g/mol. The third-order valence-electron chi connectivity index (χ3n) is 3.76. The molecule has 0 radical (unpaired) electrons. The third kappa shape index (κ3) is 5.60. The first-order chi connectivity index (χ1) is 10.3. The van der Waals surface area contributed by atoms with Crippen LogP contribution in [0.5, 0.6) is 0 Å². The molecule has 2 rings (SSSR count). The van der Waals surface area contributed by atoms with E-state index >= 15 is 0 Å². The van der Waals surface area contributed by atoms with E-state index in [4.69, 9.17) is 9.84 Å². The predicted octanol–water partition coefficient (Wildman–Crippen LogP) is 3.54. The van der Waals surface area contributed by atoms with E-state index in [2.05, 4.69) is 24.3 Å². The van der Waals surface area contributed by atoms with Gasteiger partial charge in [-0.05, 0) is 30.7 Å². The normalized spacial score (nSPS) is 16.5. The summed E-state index contributed by atoms with van der Waals surface area (Å²) in [6.07, 6.45) is 6.33. The van der Waals surface area contributed by atoms with Crippen molar-refractivity contribution in [1.29, 1.82) is 0 Å². The van der Waals surface area contributed by atoms with Crippen LogP contribution in [0, 0.1) is 5.92 Å². The molecule has 1 N–H and O–H groups in total. The number of benzene rings is 1. The van der Waals surface area contributed by atoms with Crippen LogP contribution in [0.2, 0.25) is 0 Å². The zero-order valence-corrected chi connectivity index (χ0v) is 12.3. The Balaban J connectivity index is 1.56. The van der Waals surface area contributed by atoms with Gasteiger partial charge in [0.15, 0.2) is 0 Å². The van der Waals surface area contributed by atoms with Crippen LogP contribution < -0.4 is 0 Å². The number of hydrogen-bond acceptors (Lipinski definition) is 2. The van der Waals surface area contributed by atoms with Gasteiger partial charge < -0.3 is 14.7 Å². The van der Waals surface area contributed by atoms with Crippen molar-refractivity contribution in [2.75, 3.05) is 19.7 Å². The van der Waals surface area contributed by atoms with Crippen molar-refractivity contribution in [1.82, 2.24) is 4.90 Å². The van der Waals surface area contributed by atoms with E-state index in [0.29, 0.717) is 25.6 Å². The maximum Gasteiger partial charge on any atom is 0.407 e. The molecule has 1 saturated heterocycles. The van der Waals surface area contributed by atoms with Crippen LogP contribution in [-0.2, 0) is 11.3 Å². The highest BCUT2D eigenvalue weighted by molar-refractivity contribution is 5.65. The Morgan fingerprint density at radius 2 is 2.00 bits per heavy atom. The molecular formula is C17H23NO3. The zero-order chi connectivity index (χ0) is 14.9. The Morgan fingerprint density at radius 1 is 1.29 bits per heavy atom. The van der Waals surface area contributed by atoms with Crippen molar-refractivity contribution in [3.05, 3.63) is 48.0 Å². The number of rotatable bonds is 6. The Labute approximate surface area is 126 Å². The molecule has 1 aromatic carbocycles. The molecule has 1 heterocycles. The van der Waals surface area contributed by atoms with E-state index in [1.54, 1.807) is 0 Å². The molecule has 0 spiro atoms. The number of hydrogen-bond donors (Lipinski definition) is 1. The van der Waals surface area contributed by atoms with Crippen LogP contribution in [0.1, 0.15) is 24.8 Å². The lowest BCUT2D eigenvalue weighted by Crippen LogP contribution is -2.36. The lowest BCUT2D eigenvalue weighted by molar-refractivity contribution is 0.125. The van der Waals surface area contributed by atoms with Crippen molar-refractivity contribution in [3.63, 3.8) is 0 Å². The van der Waals surface area contributed by atoms with Crippen LogP contribution in [0.3, 0.4) is 0 Å². The third-order valence-corrected chi connectivity index (χ3v) is 3.76. The van der Waals surface area contributed by atoms with Crippen LogP contribution in [0.25, 0.3) is 0 Å². The first-order valence-corrected chi connectivity index (χ1v) is 7.52. The predicted molar refractivity (Wildman–Crippen MR) is 82.2 cm³/mol. The van der Waals surface area contributed by atoms with Crippen molar-refractivity contribution in [2.24, 2.45) is 5.92 Å². The summed E-state index contributed by atoms with van der Waals surface area (Å²) >= 11 is 0. The molecule has 1 aromatic rings. The van der Waals surface area contributed by atoms with E-state index in [9.17, 15) is 4.79 Å². The first-order valence-electron chi connectivity index (χ1n) is 7.52. The van der Waals surface area contributed by atoms with Gasteiger partial charge in [0.25, 0.3) is 0 Å². The Kier molecular flexibility index (Phi) is 6.28. The number of likely N-dealkylation sites (tertiary alicyclic amines) is 1. The number of amides is 1. The zero-order valence-electron chi connectivity index (χ0n) is 12.3. The minimum atomic E-state index is -0.799. The lowest BCUT2D eigenvalue weighted by atomic mass is 9.96. The van der Waals surface area contributed by atoms with Gasteiger partial charge in [0.2, 0.25) is 0 Å². The second-order valence-electron chi connectivity index (χ2n) is 5.36. The molecular weight excluding hydrogens is 266 g/mol. The number of piperidine rings is 1. The van der Waals surface area contributed by atoms with Gasteiger partial charge in [-0.3, -0.25) is 0 Å². The molecule has 4 heteroatoms. The van der Waals surface area contributed by atoms with Gasteiger partial charge in [-0.15, -0.1) is 0 Å². The van der Waals surface area contributed by atoms with Gasteiger partial charge in [0.1, 0.15) is 0 Å². The molecule has 0 saturated carbocycles. The molecule has 21 heavy (non-hydrogen) atoms. The van der Waals surface area contributed by atoms with Crippen LogP contribution >= 0.6 is 0 Å². The summed E-state index contributed by atoms with van der Waals surface area (Å²) in [5, 5.41) is 8.88. The highest BCUT2D eigenvalue weighted by Gasteiger charge is 2.20. The van der Waals surface area contributed by atoms with E-state index in [1.807, 2.05) is 18.2 Å². The van der Waals surface area contributed by atoms with Crippen molar-refractivity contribution >= 4 is 6.09 Å². The standard InChI is InChI=1S/C17H23NO3/c19-17(20)18-11-9-15(10-12-18)6-4-5-13-21-14-16-7-2-1-3-8-16/h1-4,6-8,15H,5,9-14H2,(H,19,20). The van der Waals surface area contributed by atoms with Crippen LogP contribution in [0.15, 0.2) is 42.5 Å². The molecule has 0 atom stereocenters. The number of nitrogens with zero attached hydrogens (tertiary/aromatic N) is 1. The quantitative estimate of drug-likeness (QED) is 0.643. The summed E-state index contributed by atoms with van der Waals surface area (Å²) in [7, 11) is 0. The van der Waals surface area contributed by atoms with Gasteiger partial charge in [0, 0.05) is 13.1 Å². The van der Waals surface area contributed by atoms with Gasteiger partial charge in [-0.2, -0.15) is 0 Å². The van der Waals surface area contributed by atoms with Crippen LogP contribution in [0.4, 0.5) is 4.79 Å². The molecule has 114 valence electrons. The minimum Gasteiger partial charge on any atom is -0.465 e. The molecule has 0 aliphatic carbocycles. The smallest absolute Gasteiger partial charge is 0.407 e. The number of ether oxygens (including phenoxy) is 1. The summed E-state index contributed by atoms with van der Waals surface area (Å²) in [6.45, 7) is 2.68. The Morgan fingerprint density at radius 3 is 2.67 bits per heavy atom. The van der Waals surface area contributed by atoms with E-state index in [1.165, 1.54) is 10.5 Å². The van der Waals surface area contributed by atoms with Gasteiger partial charge >= 0.3 is 6.09 Å². The van der Waals surface area contributed by atoms with E-state index in [0.717, 1.165) is 25.9 Å². The highest BCUT2D eigenvalue weighted by Crippen LogP contribution is 2.18. The second kappa shape index (κ2) is 8.47. The summed E-state index contributed by atoms with van der Waals surface area (Å²) < 4.78 is 5.62. The summed E-state index contributed by atoms with van der Waals surface area (Å²) in [5.41, 5.74) is 1.20. The van der Waals surface area contributed by atoms with Gasteiger partial charge in [-0.25, -0.2) is 4.79 Å². The largest absolute Gasteiger partial charge is 0.465 e. The second-order valence-corrected chi connectivity index (χ2v) is 5.36. The summed E-state index contributed by atoms with van der Waals surface area (Å²) in [5.74, 6) is 0.509. The van der Waals surface area contributed by atoms with Crippen molar-refractivity contribution in [2.45, 2.75) is 25.9 Å². The van der Waals surface area contributed by atoms with Gasteiger partial charge in [0.05, 0.1) is 13.2 Å². The molecule has 1 aliphatic heterocycles. The molecule has 0 unspecified atom stereocenters. The first kappa shape index (κ1) is 15.6. The Hall–Kier alpha value is -1.81. The van der Waals surface area contributed by atoms with E-state index < -0.39 is 6.09 Å². The maximum atomic E-state index is 10.8. The summed E-state index contributed by atoms with van der Waals surface area (Å²) in [6, 6.07) is 10.2. The molecule has 1 amide bonds. The van der Waals surface area contributed by atoms with Crippen molar-refractivity contribution < 1.29 is 14.6 Å². The van der Waals surface area contributed by atoms with Crippen molar-refractivity contribution in [3.8, 4) is 0 Å². The maximum absolute atomic E-state index is 10.8. The highest BCUT2D eigenvalue weighted by atomic mass is 16.5. The lowest BCUT2D eigenvalue weighted by Gasteiger charge is -2.28. The number of carbonyl (C=O) groups is 1. The molecule has 4 nitrogen and oxygen atoms in total. The fourth-order valence-electron chi connectivity index (χ4n) is 2.49. The molecule has 0 aromatic heterocycles.